The number of carbonyl (C=O) groups excluding carboxylic acids is 2. The maximum Gasteiger partial charge on any atom is 0.217 e. The summed E-state index contributed by atoms with van der Waals surface area (Å²) in [6.45, 7) is 16.6. The highest BCUT2D eigenvalue weighted by Crippen LogP contribution is 2.42. The van der Waals surface area contributed by atoms with E-state index in [2.05, 4.69) is 44.5 Å². The molecule has 2 fully saturated rings. The summed E-state index contributed by atoms with van der Waals surface area (Å²) < 4.78 is 47.6. The van der Waals surface area contributed by atoms with E-state index in [9.17, 15) is 14.7 Å². The van der Waals surface area contributed by atoms with E-state index in [1.165, 1.54) is 25.6 Å². The fourth-order valence-corrected chi connectivity index (χ4v) is 9.97. The molecule has 2 saturated heterocycles. The minimum atomic E-state index is -2.54. The van der Waals surface area contributed by atoms with E-state index >= 15 is 0 Å². The molecule has 0 saturated carbocycles. The van der Waals surface area contributed by atoms with Crippen molar-refractivity contribution in [1.82, 2.24) is 10.6 Å². The van der Waals surface area contributed by atoms with Gasteiger partial charge in [0.25, 0.3) is 0 Å². The lowest BCUT2D eigenvalue weighted by molar-refractivity contribution is -0.315. The summed E-state index contributed by atoms with van der Waals surface area (Å²) in [5.41, 5.74) is 3.25. The highest BCUT2D eigenvalue weighted by atomic mass is 32.2. The zero-order valence-electron chi connectivity index (χ0n) is 38.3. The monoisotopic (exact) mass is 914 g/mol. The van der Waals surface area contributed by atoms with Gasteiger partial charge in [0.05, 0.1) is 39.1 Å². The summed E-state index contributed by atoms with van der Waals surface area (Å²) in [5, 5.41) is 18.4. The normalized spacial score (nSPS) is 26.3. The van der Waals surface area contributed by atoms with Crippen LogP contribution in [0.5, 0.6) is 0 Å². The van der Waals surface area contributed by atoms with E-state index in [1.54, 1.807) is 0 Å². The first-order valence-corrected chi connectivity index (χ1v) is 25.9. The molecule has 4 aromatic carbocycles. The molecule has 0 radical (unpaired) electrons. The molecule has 2 heterocycles. The third-order valence-electron chi connectivity index (χ3n) is 11.9. The second kappa shape index (κ2) is 23.0. The van der Waals surface area contributed by atoms with Gasteiger partial charge in [-0.1, -0.05) is 141 Å². The lowest BCUT2D eigenvalue weighted by Crippen LogP contribution is -2.70. The Morgan fingerprint density at radius 2 is 1.16 bits per heavy atom. The lowest BCUT2D eigenvalue weighted by atomic mass is 9.94. The second-order valence-corrected chi connectivity index (χ2v) is 24.1. The van der Waals surface area contributed by atoms with Gasteiger partial charge < -0.3 is 48.6 Å². The van der Waals surface area contributed by atoms with Crippen LogP contribution in [-0.4, -0.2) is 98.9 Å². The van der Waals surface area contributed by atoms with Crippen LogP contribution in [-0.2, 0) is 62.3 Å². The first kappa shape index (κ1) is 49.5. The molecule has 0 spiro atoms. The molecule has 3 N–H and O–H groups in total. The molecule has 0 aromatic heterocycles. The number of benzene rings is 4. The van der Waals surface area contributed by atoms with Gasteiger partial charge in [-0.05, 0) is 53.9 Å². The van der Waals surface area contributed by atoms with Crippen molar-refractivity contribution in [1.29, 1.82) is 0 Å². The first-order chi connectivity index (χ1) is 30.6. The van der Waals surface area contributed by atoms with Gasteiger partial charge in [-0.25, -0.2) is 0 Å². The smallest absolute Gasteiger partial charge is 0.217 e. The van der Waals surface area contributed by atoms with Crippen LogP contribution < -0.4 is 10.6 Å². The standard InChI is InChI=1S/C50H66N2O10SSi/c1-33-24-26-39(27-25-33)63-49-42(51-34(2)53)44(55)45(40(60-49)31-56-28-36-18-12-9-13-19-36)61-48-43(52-35(3)54)47(58-30-38-22-16-11-17-23-38)46(62-64(7,8)50(4,5)6)41(59-48)32-57-29-37-20-14-10-15-21-37/h9-27,40-49,55H,28-32H2,1-8H3,(H,51,53)(H,52,54)/t40-,41-,42-,43-,44-,45-,46-,47-,48+,49+/m1/s1. The van der Waals surface area contributed by atoms with E-state index in [0.29, 0.717) is 6.61 Å². The third-order valence-corrected chi connectivity index (χ3v) is 17.6. The van der Waals surface area contributed by atoms with Crippen LogP contribution in [0.25, 0.3) is 0 Å². The molecule has 2 aliphatic heterocycles. The van der Waals surface area contributed by atoms with E-state index in [4.69, 9.17) is 32.8 Å². The lowest BCUT2D eigenvalue weighted by Gasteiger charge is -2.52. The average Bonchev–Trinajstić information content (AvgIpc) is 3.25. The molecule has 14 heteroatoms. The van der Waals surface area contributed by atoms with Crippen molar-refractivity contribution in [2.45, 2.75) is 145 Å². The maximum absolute atomic E-state index is 13.3. The highest BCUT2D eigenvalue weighted by molar-refractivity contribution is 7.99. The molecule has 12 nitrogen and oxygen atoms in total. The van der Waals surface area contributed by atoms with Gasteiger partial charge in [-0.15, -0.1) is 0 Å². The van der Waals surface area contributed by atoms with Crippen molar-refractivity contribution in [3.63, 3.8) is 0 Å². The summed E-state index contributed by atoms with van der Waals surface area (Å²) >= 11 is 1.39. The van der Waals surface area contributed by atoms with Crippen molar-refractivity contribution in [2.75, 3.05) is 13.2 Å². The van der Waals surface area contributed by atoms with Crippen LogP contribution in [0.4, 0.5) is 0 Å². The van der Waals surface area contributed by atoms with Crippen molar-refractivity contribution < 1.29 is 47.5 Å². The van der Waals surface area contributed by atoms with Crippen LogP contribution in [0.1, 0.15) is 56.9 Å². The number of hydrogen-bond acceptors (Lipinski definition) is 11. The van der Waals surface area contributed by atoms with Gasteiger partial charge in [0, 0.05) is 18.7 Å². The summed E-state index contributed by atoms with van der Waals surface area (Å²) in [7, 11) is -2.54. The van der Waals surface area contributed by atoms with Gasteiger partial charge in [-0.3, -0.25) is 9.59 Å². The predicted octanol–water partition coefficient (Wildman–Crippen LogP) is 7.70. The van der Waals surface area contributed by atoms with Gasteiger partial charge in [-0.2, -0.15) is 0 Å². The van der Waals surface area contributed by atoms with Crippen LogP contribution in [0.15, 0.2) is 120 Å². The number of carbonyl (C=O) groups is 2. The Hall–Kier alpha value is -3.93. The number of rotatable bonds is 19. The van der Waals surface area contributed by atoms with E-state index in [0.717, 1.165) is 27.1 Å². The van der Waals surface area contributed by atoms with E-state index in [-0.39, 0.29) is 43.3 Å². The van der Waals surface area contributed by atoms with E-state index < -0.39 is 68.8 Å². The molecule has 2 aliphatic rings. The number of aliphatic hydroxyl groups excluding tert-OH is 1. The first-order valence-electron chi connectivity index (χ1n) is 22.1. The summed E-state index contributed by atoms with van der Waals surface area (Å²) in [5.74, 6) is -0.686. The van der Waals surface area contributed by atoms with Gasteiger partial charge >= 0.3 is 0 Å². The zero-order valence-corrected chi connectivity index (χ0v) is 40.1. The number of thioether (sulfide) groups is 1. The average molecular weight is 915 g/mol. The van der Waals surface area contributed by atoms with Gasteiger partial charge in [0.15, 0.2) is 14.6 Å². The number of ether oxygens (including phenoxy) is 6. The van der Waals surface area contributed by atoms with Crippen molar-refractivity contribution in [3.8, 4) is 0 Å². The van der Waals surface area contributed by atoms with Gasteiger partial charge in [0.1, 0.15) is 48.1 Å². The minimum Gasteiger partial charge on any atom is -0.408 e. The fraction of sp³-hybridized carbons (Fsp3) is 0.480. The van der Waals surface area contributed by atoms with Crippen molar-refractivity contribution in [3.05, 3.63) is 138 Å². The molecular weight excluding hydrogens is 849 g/mol. The second-order valence-electron chi connectivity index (χ2n) is 18.2. The molecule has 0 aliphatic carbocycles. The van der Waals surface area contributed by atoms with Crippen molar-refractivity contribution in [2.24, 2.45) is 0 Å². The largest absolute Gasteiger partial charge is 0.408 e. The summed E-state index contributed by atoms with van der Waals surface area (Å²) in [4.78, 5) is 27.0. The fourth-order valence-electron chi connectivity index (χ4n) is 7.52. The molecule has 2 amide bonds. The molecule has 346 valence electrons. The molecule has 64 heavy (non-hydrogen) atoms. The Morgan fingerprint density at radius 1 is 0.672 bits per heavy atom. The number of aryl methyl sites for hydroxylation is 1. The van der Waals surface area contributed by atoms with Crippen molar-refractivity contribution >= 4 is 31.9 Å². The number of amides is 2. The van der Waals surface area contributed by atoms with Crippen LogP contribution in [0.2, 0.25) is 18.1 Å². The molecule has 0 unspecified atom stereocenters. The van der Waals surface area contributed by atoms with Crippen LogP contribution in [0.3, 0.4) is 0 Å². The number of hydrogen-bond donors (Lipinski definition) is 3. The number of nitrogens with one attached hydrogen (secondary N) is 2. The Morgan fingerprint density at radius 3 is 1.66 bits per heavy atom. The summed E-state index contributed by atoms with van der Waals surface area (Å²) in [6.07, 6.45) is -6.78. The molecule has 10 atom stereocenters. The minimum absolute atomic E-state index is 0.0283. The molecule has 6 rings (SSSR count). The Labute approximate surface area is 384 Å². The zero-order chi connectivity index (χ0) is 45.9. The van der Waals surface area contributed by atoms with Crippen LogP contribution in [0, 0.1) is 6.92 Å². The third kappa shape index (κ3) is 13.8. The summed E-state index contributed by atoms with van der Waals surface area (Å²) in [6, 6.07) is 35.6. The van der Waals surface area contributed by atoms with Crippen LogP contribution >= 0.6 is 11.8 Å². The Kier molecular flexibility index (Phi) is 17.8. The SMILES string of the molecule is CC(=O)N[C@@H]1[C@@H](O)[C@H](O[C@@H]2O[C@H](COCc3ccccc3)[C@@H](O[Si](C)(C)C(C)(C)C)[C@H](OCc3ccccc3)[C@H]2NC(C)=O)[C@@H](COCc2ccccc2)O[C@H]1Sc1ccc(C)cc1. The topological polar surface area (TPSA) is 143 Å². The number of aliphatic hydroxyl groups is 1. The molecule has 0 bridgehead atoms. The quantitative estimate of drug-likeness (QED) is 0.0797. The molecular formula is C50H66N2O10SSi. The molecule has 4 aromatic rings. The maximum atomic E-state index is 13.3. The van der Waals surface area contributed by atoms with Gasteiger partial charge in [0.2, 0.25) is 11.8 Å². The Bertz CT molecular complexity index is 2040. The highest BCUT2D eigenvalue weighted by Gasteiger charge is 2.55. The predicted molar refractivity (Wildman–Crippen MR) is 250 cm³/mol. The van der Waals surface area contributed by atoms with E-state index in [1.807, 2.05) is 122 Å². The Balaban J connectivity index is 1.38.